The van der Waals surface area contributed by atoms with E-state index in [4.69, 9.17) is 69.3 Å². The van der Waals surface area contributed by atoms with Crippen LogP contribution in [0.15, 0.2) is 88.6 Å². The average Bonchev–Trinajstić information content (AvgIpc) is 2.80. The predicted molar refractivity (Wildman–Crippen MR) is 112 cm³/mol. The Balaban J connectivity index is -0.0000000350. The maximum atomic E-state index is 9.14. The van der Waals surface area contributed by atoms with E-state index < -0.39 is 41.8 Å². The van der Waals surface area contributed by atoms with E-state index >= 15 is 0 Å². The number of carboxylic acid groups (broad SMARTS) is 7. The van der Waals surface area contributed by atoms with Crippen molar-refractivity contribution >= 4 is 59.1 Å². The van der Waals surface area contributed by atoms with Crippen molar-refractivity contribution < 1.29 is 95.5 Å². The first kappa shape index (κ1) is 58.6. The summed E-state index contributed by atoms with van der Waals surface area (Å²) in [5.41, 5.74) is 0. The summed E-state index contributed by atoms with van der Waals surface area (Å²) in [5.74, 6) is -8.62. The summed E-state index contributed by atoms with van der Waals surface area (Å²) >= 11 is 0. The topological polar surface area (TPSA) is 281 Å². The molecule has 37 heavy (non-hydrogen) atoms. The molecule has 14 nitrogen and oxygen atoms in total. The smallest absolute Gasteiger partial charge is 0.545 e. The minimum atomic E-state index is -1.23. The number of hydrogen-bond donors (Lipinski definition) is 0. The van der Waals surface area contributed by atoms with Gasteiger partial charge >= 0.3 is 43.6 Å². The standard InChI is InChI=1S/7C3H4O2.Al.Zr/c7*1-2-3(4)5;;/h7*2H,1H2,(H,4,5);;/q;;;;;;;+3;+4/p-7. The fourth-order valence-electron chi connectivity index (χ4n) is 0. The summed E-state index contributed by atoms with van der Waals surface area (Å²) in [6.45, 7) is 20.3. The van der Waals surface area contributed by atoms with Gasteiger partial charge in [-0.1, -0.05) is 46.1 Å². The van der Waals surface area contributed by atoms with Crippen LogP contribution in [-0.4, -0.2) is 59.1 Å². The second kappa shape index (κ2) is 53.3. The summed E-state index contributed by atoms with van der Waals surface area (Å²) in [6.07, 6.45) is 5.06. The molecule has 0 radical (unpaired) electrons. The van der Waals surface area contributed by atoms with Gasteiger partial charge in [0.2, 0.25) is 0 Å². The van der Waals surface area contributed by atoms with E-state index in [9.17, 15) is 0 Å². The predicted octanol–water partition coefficient (Wildman–Crippen LogP) is -7.93. The van der Waals surface area contributed by atoms with Crippen molar-refractivity contribution in [1.29, 1.82) is 0 Å². The average molecular weight is 616 g/mol. The molecule has 0 atom stereocenters. The van der Waals surface area contributed by atoms with Crippen LogP contribution in [0.2, 0.25) is 0 Å². The van der Waals surface area contributed by atoms with Crippen LogP contribution in [0.25, 0.3) is 0 Å². The molecular weight excluding hydrogens is 594 g/mol. The van der Waals surface area contributed by atoms with Crippen LogP contribution in [0, 0.1) is 0 Å². The van der Waals surface area contributed by atoms with E-state index in [0.717, 1.165) is 42.5 Å². The molecule has 0 amide bonds. The third kappa shape index (κ3) is 291. The van der Waals surface area contributed by atoms with Crippen LogP contribution >= 0.6 is 0 Å². The summed E-state index contributed by atoms with van der Waals surface area (Å²) in [4.78, 5) is 64.0. The van der Waals surface area contributed by atoms with Gasteiger partial charge in [-0.25, -0.2) is 0 Å². The first-order valence-electron chi connectivity index (χ1n) is 7.74. The minimum absolute atomic E-state index is 0. The van der Waals surface area contributed by atoms with E-state index in [1.165, 1.54) is 0 Å². The van der Waals surface area contributed by atoms with Crippen LogP contribution in [0.4, 0.5) is 0 Å². The molecule has 0 saturated carbocycles. The van der Waals surface area contributed by atoms with Crippen LogP contribution < -0.4 is 35.7 Å². The van der Waals surface area contributed by atoms with E-state index in [0.29, 0.717) is 0 Å². The maximum absolute atomic E-state index is 9.14. The molecule has 0 aromatic carbocycles. The number of aliphatic carboxylic acids is 7. The number of rotatable bonds is 7. The van der Waals surface area contributed by atoms with Gasteiger partial charge in [0.05, 0.1) is 41.8 Å². The second-order valence-electron chi connectivity index (χ2n) is 3.66. The van der Waals surface area contributed by atoms with Gasteiger partial charge in [-0.15, -0.1) is 0 Å². The summed E-state index contributed by atoms with van der Waals surface area (Å²) in [7, 11) is 0. The molecule has 0 aromatic heterocycles. The Bertz CT molecular complexity index is 581. The van der Waals surface area contributed by atoms with Gasteiger partial charge in [0.15, 0.2) is 0 Å². The Morgan fingerprint density at radius 3 is 0.351 bits per heavy atom. The van der Waals surface area contributed by atoms with Gasteiger partial charge in [-0.2, -0.15) is 0 Å². The molecule has 0 aliphatic heterocycles. The van der Waals surface area contributed by atoms with E-state index in [1.54, 1.807) is 0 Å². The van der Waals surface area contributed by atoms with Gasteiger partial charge in [-0.05, 0) is 42.5 Å². The molecule has 0 bridgehead atoms. The van der Waals surface area contributed by atoms with E-state index in [1.807, 2.05) is 0 Å². The molecule has 0 rings (SSSR count). The number of carboxylic acids is 7. The number of hydrogen-bond acceptors (Lipinski definition) is 14. The van der Waals surface area contributed by atoms with Crippen LogP contribution in [0.1, 0.15) is 0 Å². The molecule has 16 heteroatoms. The molecule has 0 fully saturated rings. The van der Waals surface area contributed by atoms with Crippen LogP contribution in [0.5, 0.6) is 0 Å². The number of carbonyl (C=O) groups is 7. The molecule has 0 aliphatic carbocycles. The quantitative estimate of drug-likeness (QED) is 0.190. The van der Waals surface area contributed by atoms with Crippen molar-refractivity contribution in [3.05, 3.63) is 88.6 Å². The SMILES string of the molecule is C=CC(=O)[O-].C=CC(=O)[O-].C=CC(=O)[O-].C=CC(=O)[O-].C=CC(=O)[O-].C=CC(=O)[O-].C=CC(=O)[O-].[Al+3].[Zr+4]. The van der Waals surface area contributed by atoms with Crippen LogP contribution in [0.3, 0.4) is 0 Å². The maximum Gasteiger partial charge on any atom is 4.00 e. The van der Waals surface area contributed by atoms with Crippen molar-refractivity contribution in [2.75, 3.05) is 0 Å². The Hall–Kier alpha value is -4.11. The zero-order valence-electron chi connectivity index (χ0n) is 19.3. The molecule has 0 saturated heterocycles. The molecule has 196 valence electrons. The Kier molecular flexibility index (Phi) is 84.4. The van der Waals surface area contributed by atoms with Gasteiger partial charge in [-0.3, -0.25) is 0 Å². The summed E-state index contributed by atoms with van der Waals surface area (Å²) in [5, 5.41) is 64.0. The summed E-state index contributed by atoms with van der Waals surface area (Å²) < 4.78 is 0. The van der Waals surface area contributed by atoms with Gasteiger partial charge in [0, 0.05) is 0 Å². The zero-order chi connectivity index (χ0) is 30.0. The Labute approximate surface area is 242 Å². The van der Waals surface area contributed by atoms with Gasteiger partial charge in [0.25, 0.3) is 0 Å². The van der Waals surface area contributed by atoms with Crippen molar-refractivity contribution in [3.63, 3.8) is 0 Å². The Morgan fingerprint density at radius 1 is 0.324 bits per heavy atom. The third-order valence-corrected chi connectivity index (χ3v) is 1.17. The molecule has 0 unspecified atom stereocenters. The molecule has 0 heterocycles. The van der Waals surface area contributed by atoms with Crippen molar-refractivity contribution in [2.24, 2.45) is 0 Å². The molecular formula is C21H21AlO14Zr. The Morgan fingerprint density at radius 2 is 0.351 bits per heavy atom. The second-order valence-corrected chi connectivity index (χ2v) is 3.66. The monoisotopic (exact) mass is 614 g/mol. The third-order valence-electron chi connectivity index (χ3n) is 1.17. The fourth-order valence-corrected chi connectivity index (χ4v) is 0. The van der Waals surface area contributed by atoms with E-state index in [2.05, 4.69) is 46.1 Å². The minimum Gasteiger partial charge on any atom is -0.545 e. The van der Waals surface area contributed by atoms with Crippen molar-refractivity contribution in [3.8, 4) is 0 Å². The van der Waals surface area contributed by atoms with Crippen LogP contribution in [-0.2, 0) is 59.8 Å². The normalized spacial score (nSPS) is 6.05. The van der Waals surface area contributed by atoms with E-state index in [-0.39, 0.29) is 43.6 Å². The molecule has 0 spiro atoms. The van der Waals surface area contributed by atoms with Crippen molar-refractivity contribution in [1.82, 2.24) is 0 Å². The molecule has 0 N–H and O–H groups in total. The summed E-state index contributed by atoms with van der Waals surface area (Å²) in [6, 6.07) is 0. The van der Waals surface area contributed by atoms with Gasteiger partial charge < -0.3 is 69.3 Å². The number of carbonyl (C=O) groups excluding carboxylic acids is 7. The molecule has 0 aliphatic rings. The van der Waals surface area contributed by atoms with Gasteiger partial charge in [0.1, 0.15) is 0 Å². The fraction of sp³-hybridized carbons (Fsp3) is 0. The first-order valence-corrected chi connectivity index (χ1v) is 7.74. The molecule has 0 aromatic rings. The van der Waals surface area contributed by atoms with Crippen molar-refractivity contribution in [2.45, 2.75) is 0 Å². The first-order chi connectivity index (χ1) is 15.9. The zero-order valence-corrected chi connectivity index (χ0v) is 22.9. The largest absolute Gasteiger partial charge is 4.00 e.